The summed E-state index contributed by atoms with van der Waals surface area (Å²) in [4.78, 5) is 13.9. The first kappa shape index (κ1) is 12.7. The lowest BCUT2D eigenvalue weighted by atomic mass is 10.2. The molecule has 82 valence electrons. The molecule has 14 heavy (non-hydrogen) atoms. The molecular formula is C8H18N4O2. The normalized spacial score (nSPS) is 9.71. The highest BCUT2D eigenvalue weighted by molar-refractivity contribution is 5.75. The lowest BCUT2D eigenvalue weighted by Gasteiger charge is -2.00. The molecule has 0 radical (unpaired) electrons. The van der Waals surface area contributed by atoms with Crippen LogP contribution in [-0.2, 0) is 4.79 Å². The summed E-state index contributed by atoms with van der Waals surface area (Å²) in [5.74, 6) is -0.709. The molecular weight excluding hydrogens is 184 g/mol. The highest BCUT2D eigenvalue weighted by Gasteiger charge is 1.94. The van der Waals surface area contributed by atoms with Crippen molar-refractivity contribution in [2.75, 3.05) is 19.6 Å². The Morgan fingerprint density at radius 1 is 1.29 bits per heavy atom. The predicted octanol–water partition coefficient (Wildman–Crippen LogP) is -0.896. The van der Waals surface area contributed by atoms with Crippen LogP contribution in [0.5, 0.6) is 0 Å². The maximum Gasteiger partial charge on any atom is 0.317 e. The van der Waals surface area contributed by atoms with Gasteiger partial charge in [0.05, 0.1) is 6.54 Å². The number of hydrogen-bond donors (Lipinski definition) is 4. The molecule has 0 aromatic rings. The summed E-state index contributed by atoms with van der Waals surface area (Å²) in [7, 11) is 0. The number of nitrogens with two attached hydrogens (primary N) is 2. The maximum atomic E-state index is 10.1. The van der Waals surface area contributed by atoms with Gasteiger partial charge in [-0.05, 0) is 19.4 Å². The number of unbranched alkanes of at least 4 members (excludes halogenated alkanes) is 2. The van der Waals surface area contributed by atoms with Gasteiger partial charge in [-0.2, -0.15) is 0 Å². The third kappa shape index (κ3) is 10.7. The molecule has 0 aromatic heterocycles. The number of hydrogen-bond acceptors (Lipinski definition) is 3. The molecule has 6 N–H and O–H groups in total. The Labute approximate surface area is 83.4 Å². The first-order valence-corrected chi connectivity index (χ1v) is 4.61. The quantitative estimate of drug-likeness (QED) is 0.231. The largest absolute Gasteiger partial charge is 0.480 e. The number of carbonyl (C=O) groups is 1. The second-order valence-electron chi connectivity index (χ2n) is 2.94. The van der Waals surface area contributed by atoms with Crippen molar-refractivity contribution in [1.82, 2.24) is 5.32 Å². The first-order valence-electron chi connectivity index (χ1n) is 4.61. The first-order chi connectivity index (χ1) is 6.63. The molecule has 0 bridgehead atoms. The smallest absolute Gasteiger partial charge is 0.317 e. The molecule has 6 heteroatoms. The van der Waals surface area contributed by atoms with Crippen molar-refractivity contribution in [3.8, 4) is 0 Å². The third-order valence-corrected chi connectivity index (χ3v) is 1.58. The van der Waals surface area contributed by atoms with E-state index in [1.807, 2.05) is 0 Å². The van der Waals surface area contributed by atoms with Gasteiger partial charge in [-0.15, -0.1) is 0 Å². The van der Waals surface area contributed by atoms with Gasteiger partial charge in [0.2, 0.25) is 0 Å². The lowest BCUT2D eigenvalue weighted by Crippen LogP contribution is -2.23. The molecule has 0 unspecified atom stereocenters. The highest BCUT2D eigenvalue weighted by atomic mass is 16.4. The maximum absolute atomic E-state index is 10.1. The summed E-state index contributed by atoms with van der Waals surface area (Å²) < 4.78 is 0. The fourth-order valence-electron chi connectivity index (χ4n) is 0.942. The topological polar surface area (TPSA) is 114 Å². The van der Waals surface area contributed by atoms with Gasteiger partial charge in [-0.3, -0.25) is 9.79 Å². The zero-order chi connectivity index (χ0) is 10.8. The summed E-state index contributed by atoms with van der Waals surface area (Å²) in [5, 5.41) is 11.1. The van der Waals surface area contributed by atoms with Crippen LogP contribution in [0.3, 0.4) is 0 Å². The fourth-order valence-corrected chi connectivity index (χ4v) is 0.942. The van der Waals surface area contributed by atoms with E-state index in [0.29, 0.717) is 13.1 Å². The summed E-state index contributed by atoms with van der Waals surface area (Å²) >= 11 is 0. The van der Waals surface area contributed by atoms with E-state index in [9.17, 15) is 4.79 Å². The van der Waals surface area contributed by atoms with E-state index in [1.54, 1.807) is 0 Å². The van der Waals surface area contributed by atoms with E-state index in [0.717, 1.165) is 19.3 Å². The van der Waals surface area contributed by atoms with Gasteiger partial charge in [0, 0.05) is 6.54 Å². The van der Waals surface area contributed by atoms with Crippen LogP contribution < -0.4 is 16.8 Å². The molecule has 0 aromatic carbocycles. The molecule has 0 rings (SSSR count). The van der Waals surface area contributed by atoms with Gasteiger partial charge in [0.25, 0.3) is 0 Å². The average Bonchev–Trinajstić information content (AvgIpc) is 2.08. The number of aliphatic carboxylic acids is 1. The van der Waals surface area contributed by atoms with E-state index in [2.05, 4.69) is 10.3 Å². The minimum atomic E-state index is -0.828. The second kappa shape index (κ2) is 8.31. The van der Waals surface area contributed by atoms with Crippen LogP contribution in [0.1, 0.15) is 19.3 Å². The minimum absolute atomic E-state index is 0.0217. The number of carboxylic acid groups (broad SMARTS) is 1. The Morgan fingerprint density at radius 2 is 2.00 bits per heavy atom. The Morgan fingerprint density at radius 3 is 2.57 bits per heavy atom. The van der Waals surface area contributed by atoms with E-state index >= 15 is 0 Å². The Bertz CT molecular complexity index is 190. The van der Waals surface area contributed by atoms with Crippen molar-refractivity contribution in [2.45, 2.75) is 19.3 Å². The van der Waals surface area contributed by atoms with Gasteiger partial charge in [-0.25, -0.2) is 0 Å². The third-order valence-electron chi connectivity index (χ3n) is 1.58. The number of nitrogens with one attached hydrogen (secondary N) is 1. The summed E-state index contributed by atoms with van der Waals surface area (Å²) in [5.41, 5.74) is 10.3. The molecule has 0 spiro atoms. The van der Waals surface area contributed by atoms with Crippen LogP contribution in [0.2, 0.25) is 0 Å². The minimum Gasteiger partial charge on any atom is -0.480 e. The van der Waals surface area contributed by atoms with E-state index in [1.165, 1.54) is 0 Å². The Kier molecular flexibility index (Phi) is 7.53. The Hall–Kier alpha value is -1.30. The number of aliphatic imine (C=N–C) groups is 1. The molecule has 0 aliphatic rings. The predicted molar refractivity (Wildman–Crippen MR) is 55.0 cm³/mol. The van der Waals surface area contributed by atoms with Crippen LogP contribution in [-0.4, -0.2) is 36.7 Å². The molecule has 0 amide bonds. The summed E-state index contributed by atoms with van der Waals surface area (Å²) in [6, 6.07) is 0. The number of carboxylic acids is 1. The molecule has 0 saturated carbocycles. The van der Waals surface area contributed by atoms with Gasteiger partial charge >= 0.3 is 5.97 Å². The zero-order valence-electron chi connectivity index (χ0n) is 8.20. The number of rotatable bonds is 8. The van der Waals surface area contributed by atoms with Crippen molar-refractivity contribution >= 4 is 11.9 Å². The molecule has 0 aliphatic carbocycles. The van der Waals surface area contributed by atoms with Crippen LogP contribution in [0.25, 0.3) is 0 Å². The van der Waals surface area contributed by atoms with Crippen LogP contribution >= 0.6 is 0 Å². The zero-order valence-corrected chi connectivity index (χ0v) is 8.20. The molecule has 0 atom stereocenters. The van der Waals surface area contributed by atoms with E-state index in [4.69, 9.17) is 16.6 Å². The van der Waals surface area contributed by atoms with E-state index < -0.39 is 5.97 Å². The van der Waals surface area contributed by atoms with Crippen molar-refractivity contribution in [3.63, 3.8) is 0 Å². The van der Waals surface area contributed by atoms with Gasteiger partial charge in [-0.1, -0.05) is 6.42 Å². The Balaban J connectivity index is 3.07. The number of nitrogens with zero attached hydrogens (tertiary/aromatic N) is 1. The van der Waals surface area contributed by atoms with Crippen LogP contribution in [0.15, 0.2) is 4.99 Å². The highest BCUT2D eigenvalue weighted by Crippen LogP contribution is 1.93. The average molecular weight is 202 g/mol. The van der Waals surface area contributed by atoms with Gasteiger partial charge < -0.3 is 21.9 Å². The van der Waals surface area contributed by atoms with Crippen molar-refractivity contribution in [2.24, 2.45) is 16.5 Å². The van der Waals surface area contributed by atoms with Crippen LogP contribution in [0, 0.1) is 0 Å². The molecule has 0 aliphatic heterocycles. The molecule has 6 nitrogen and oxygen atoms in total. The van der Waals surface area contributed by atoms with Crippen molar-refractivity contribution < 1.29 is 9.90 Å². The van der Waals surface area contributed by atoms with Crippen LogP contribution in [0.4, 0.5) is 0 Å². The standard InChI is InChI=1S/C8H18N4O2/c9-8(10)12-5-3-1-2-4-11-6-7(13)14/h11H,1-6H2,(H,13,14)(H4,9,10,12). The number of guanidine groups is 1. The lowest BCUT2D eigenvalue weighted by molar-refractivity contribution is -0.135. The van der Waals surface area contributed by atoms with E-state index in [-0.39, 0.29) is 12.5 Å². The van der Waals surface area contributed by atoms with Gasteiger partial charge in [0.15, 0.2) is 5.96 Å². The molecule has 0 saturated heterocycles. The summed E-state index contributed by atoms with van der Waals surface area (Å²) in [6.07, 6.45) is 2.85. The second-order valence-corrected chi connectivity index (χ2v) is 2.94. The van der Waals surface area contributed by atoms with Crippen molar-refractivity contribution in [3.05, 3.63) is 0 Å². The monoisotopic (exact) mass is 202 g/mol. The molecule has 0 fully saturated rings. The molecule has 0 heterocycles. The van der Waals surface area contributed by atoms with Gasteiger partial charge in [0.1, 0.15) is 0 Å². The fraction of sp³-hybridized carbons (Fsp3) is 0.750. The van der Waals surface area contributed by atoms with Crippen molar-refractivity contribution in [1.29, 1.82) is 0 Å². The SMILES string of the molecule is NC(N)=NCCCCCNCC(=O)O. The summed E-state index contributed by atoms with van der Waals surface area (Å²) in [6.45, 7) is 1.38.